The standard InChI is InChI=1S/C28H28FN7O4/c1-28(2,39)25(29)16-32-26(37)21-15-31-23(24-9-8-20-10-18(12-30)14-34-36(20)24)11-22(21)35-19-6-4-17(5-7-19)13-33-27(38)40-3/h4-11,14-15,25,39H,13,16H2,1-3H3,(H,31,35)(H,32,37)(H,33,38)/t25-/m1/s1. The smallest absolute Gasteiger partial charge is 0.407 e. The summed E-state index contributed by atoms with van der Waals surface area (Å²) < 4.78 is 20.5. The van der Waals surface area contributed by atoms with E-state index in [4.69, 9.17) is 5.26 Å². The number of carbonyl (C=O) groups is 2. The molecule has 12 heteroatoms. The van der Waals surface area contributed by atoms with E-state index in [1.807, 2.05) is 0 Å². The molecule has 40 heavy (non-hydrogen) atoms. The number of pyridine rings is 1. The minimum atomic E-state index is -1.68. The molecule has 11 nitrogen and oxygen atoms in total. The predicted octanol–water partition coefficient (Wildman–Crippen LogP) is 3.71. The second-order valence-corrected chi connectivity index (χ2v) is 9.52. The number of alkyl carbamates (subject to hydrolysis) is 1. The van der Waals surface area contributed by atoms with E-state index in [1.165, 1.54) is 33.4 Å². The lowest BCUT2D eigenvalue weighted by Crippen LogP contribution is -2.42. The van der Waals surface area contributed by atoms with E-state index in [0.717, 1.165) is 5.56 Å². The van der Waals surface area contributed by atoms with Gasteiger partial charge in [-0.3, -0.25) is 9.78 Å². The van der Waals surface area contributed by atoms with E-state index in [0.29, 0.717) is 33.8 Å². The molecular formula is C28H28FN7O4. The van der Waals surface area contributed by atoms with Crippen LogP contribution in [0.25, 0.3) is 16.9 Å². The van der Waals surface area contributed by atoms with Crippen molar-refractivity contribution in [3.8, 4) is 17.5 Å². The maximum absolute atomic E-state index is 14.3. The first-order valence-corrected chi connectivity index (χ1v) is 12.3. The van der Waals surface area contributed by atoms with E-state index >= 15 is 0 Å². The van der Waals surface area contributed by atoms with E-state index < -0.39 is 23.8 Å². The summed E-state index contributed by atoms with van der Waals surface area (Å²) in [6.45, 7) is 2.53. The highest BCUT2D eigenvalue weighted by molar-refractivity contribution is 6.00. The zero-order valence-corrected chi connectivity index (χ0v) is 22.1. The number of nitrogens with zero attached hydrogens (tertiary/aromatic N) is 4. The molecular weight excluding hydrogens is 517 g/mol. The first-order chi connectivity index (χ1) is 19.1. The van der Waals surface area contributed by atoms with Crippen LogP contribution in [-0.2, 0) is 11.3 Å². The lowest BCUT2D eigenvalue weighted by Gasteiger charge is -2.22. The van der Waals surface area contributed by atoms with Crippen LogP contribution >= 0.6 is 0 Å². The summed E-state index contributed by atoms with van der Waals surface area (Å²) in [6.07, 6.45) is 0.604. The summed E-state index contributed by atoms with van der Waals surface area (Å²) in [4.78, 5) is 28.9. The van der Waals surface area contributed by atoms with Gasteiger partial charge in [0, 0.05) is 18.4 Å². The van der Waals surface area contributed by atoms with Crippen LogP contribution in [0.2, 0.25) is 0 Å². The number of aliphatic hydroxyl groups is 1. The van der Waals surface area contributed by atoms with Crippen LogP contribution in [0, 0.1) is 11.3 Å². The minimum Gasteiger partial charge on any atom is -0.453 e. The molecule has 3 heterocycles. The number of carbonyl (C=O) groups excluding carboxylic acids is 2. The zero-order valence-electron chi connectivity index (χ0n) is 22.1. The number of methoxy groups -OCH3 is 1. The number of aromatic nitrogens is 3. The average Bonchev–Trinajstić information content (AvgIpc) is 3.37. The molecule has 1 atom stereocenters. The number of fused-ring (bicyclic) bond motifs is 1. The number of nitriles is 1. The highest BCUT2D eigenvalue weighted by Gasteiger charge is 2.27. The second-order valence-electron chi connectivity index (χ2n) is 9.52. The molecule has 0 spiro atoms. The molecule has 4 aromatic rings. The van der Waals surface area contributed by atoms with Crippen molar-refractivity contribution in [3.63, 3.8) is 0 Å². The van der Waals surface area contributed by atoms with E-state index in [1.54, 1.807) is 53.0 Å². The van der Waals surface area contributed by atoms with Gasteiger partial charge in [0.05, 0.1) is 59.2 Å². The van der Waals surface area contributed by atoms with Gasteiger partial charge in [0.15, 0.2) is 0 Å². The molecule has 0 fully saturated rings. The molecule has 0 unspecified atom stereocenters. The van der Waals surface area contributed by atoms with Crippen molar-refractivity contribution in [1.82, 2.24) is 25.2 Å². The first-order valence-electron chi connectivity index (χ1n) is 12.3. The number of halogens is 1. The van der Waals surface area contributed by atoms with Gasteiger partial charge in [0.25, 0.3) is 5.91 Å². The van der Waals surface area contributed by atoms with Gasteiger partial charge in [-0.2, -0.15) is 10.4 Å². The van der Waals surface area contributed by atoms with Crippen LogP contribution in [0.4, 0.5) is 20.6 Å². The van der Waals surface area contributed by atoms with Gasteiger partial charge in [-0.25, -0.2) is 13.7 Å². The summed E-state index contributed by atoms with van der Waals surface area (Å²) in [6, 6.07) is 16.2. The Labute approximate surface area is 229 Å². The number of ether oxygens (including phenoxy) is 1. The Morgan fingerprint density at radius 1 is 1.15 bits per heavy atom. The molecule has 0 bridgehead atoms. The Hall–Kier alpha value is -5.02. The van der Waals surface area contributed by atoms with Crippen LogP contribution in [0.5, 0.6) is 0 Å². The second kappa shape index (κ2) is 11.8. The van der Waals surface area contributed by atoms with Crippen molar-refractivity contribution in [2.75, 3.05) is 19.0 Å². The Balaban J connectivity index is 1.65. The van der Waals surface area contributed by atoms with Crippen molar-refractivity contribution in [2.45, 2.75) is 32.2 Å². The van der Waals surface area contributed by atoms with Crippen molar-refractivity contribution >= 4 is 28.9 Å². The average molecular weight is 546 g/mol. The number of hydrogen-bond acceptors (Lipinski definition) is 8. The highest BCUT2D eigenvalue weighted by atomic mass is 19.1. The minimum absolute atomic E-state index is 0.156. The number of nitrogens with one attached hydrogen (secondary N) is 3. The van der Waals surface area contributed by atoms with Crippen molar-refractivity contribution < 1.29 is 23.8 Å². The fraction of sp³-hybridized carbons (Fsp3) is 0.250. The largest absolute Gasteiger partial charge is 0.453 e. The molecule has 0 aliphatic heterocycles. The van der Waals surface area contributed by atoms with E-state index in [2.05, 4.69) is 36.8 Å². The molecule has 4 rings (SSSR count). The van der Waals surface area contributed by atoms with Gasteiger partial charge in [-0.1, -0.05) is 12.1 Å². The number of benzene rings is 1. The van der Waals surface area contributed by atoms with Crippen molar-refractivity contribution in [3.05, 3.63) is 77.6 Å². The van der Waals surface area contributed by atoms with Crippen LogP contribution in [0.1, 0.15) is 35.3 Å². The van der Waals surface area contributed by atoms with E-state index in [-0.39, 0.29) is 18.7 Å². The van der Waals surface area contributed by atoms with Crippen LogP contribution < -0.4 is 16.0 Å². The van der Waals surface area contributed by atoms with Crippen molar-refractivity contribution in [2.24, 2.45) is 0 Å². The number of amides is 2. The number of hydrogen-bond donors (Lipinski definition) is 4. The molecule has 4 N–H and O–H groups in total. The molecule has 2 amide bonds. The lowest BCUT2D eigenvalue weighted by atomic mass is 10.0. The first kappa shape index (κ1) is 28.0. The monoisotopic (exact) mass is 545 g/mol. The highest BCUT2D eigenvalue weighted by Crippen LogP contribution is 2.28. The maximum atomic E-state index is 14.3. The third-order valence-corrected chi connectivity index (χ3v) is 6.10. The molecule has 0 saturated heterocycles. The SMILES string of the molecule is COC(=O)NCc1ccc(Nc2cc(-c3ccc4cc(C#N)cnn34)ncc2C(=O)NC[C@@H](F)C(C)(C)O)cc1. The fourth-order valence-corrected chi connectivity index (χ4v) is 3.77. The van der Waals surface area contributed by atoms with Gasteiger partial charge in [-0.15, -0.1) is 0 Å². The Kier molecular flexibility index (Phi) is 8.26. The molecule has 3 aromatic heterocycles. The van der Waals surface area contributed by atoms with Gasteiger partial charge >= 0.3 is 6.09 Å². The number of alkyl halides is 1. The van der Waals surface area contributed by atoms with Crippen LogP contribution in [0.15, 0.2) is 60.9 Å². The van der Waals surface area contributed by atoms with Gasteiger partial charge in [0.2, 0.25) is 0 Å². The molecule has 1 aromatic carbocycles. The van der Waals surface area contributed by atoms with Gasteiger partial charge < -0.3 is 25.8 Å². The Bertz CT molecular complexity index is 1570. The molecule has 0 aliphatic rings. The van der Waals surface area contributed by atoms with Crippen LogP contribution in [-0.4, -0.2) is 57.1 Å². The topological polar surface area (TPSA) is 154 Å². The Morgan fingerprint density at radius 3 is 2.58 bits per heavy atom. The third-order valence-electron chi connectivity index (χ3n) is 6.10. The summed E-state index contributed by atoms with van der Waals surface area (Å²) in [7, 11) is 1.29. The van der Waals surface area contributed by atoms with Gasteiger partial charge in [-0.05, 0) is 55.8 Å². The molecule has 0 saturated carbocycles. The van der Waals surface area contributed by atoms with Crippen molar-refractivity contribution in [1.29, 1.82) is 5.26 Å². The predicted molar refractivity (Wildman–Crippen MR) is 146 cm³/mol. The van der Waals surface area contributed by atoms with Gasteiger partial charge in [0.1, 0.15) is 12.2 Å². The number of anilines is 2. The lowest BCUT2D eigenvalue weighted by molar-refractivity contribution is -0.00177. The molecule has 206 valence electrons. The zero-order chi connectivity index (χ0) is 28.9. The molecule has 0 aliphatic carbocycles. The van der Waals surface area contributed by atoms with E-state index in [9.17, 15) is 19.1 Å². The summed E-state index contributed by atoms with van der Waals surface area (Å²) in [5, 5.41) is 31.7. The summed E-state index contributed by atoms with van der Waals surface area (Å²) in [5.74, 6) is -0.579. The van der Waals surface area contributed by atoms with Crippen LogP contribution in [0.3, 0.4) is 0 Å². The number of rotatable bonds is 9. The maximum Gasteiger partial charge on any atom is 0.407 e. The molecule has 0 radical (unpaired) electrons. The summed E-state index contributed by atoms with van der Waals surface area (Å²) >= 11 is 0. The third kappa shape index (κ3) is 6.51. The Morgan fingerprint density at radius 2 is 1.90 bits per heavy atom. The quantitative estimate of drug-likeness (QED) is 0.248. The summed E-state index contributed by atoms with van der Waals surface area (Å²) in [5.41, 5.74) is 2.64. The fourth-order valence-electron chi connectivity index (χ4n) is 3.77. The normalized spacial score (nSPS) is 11.9.